The summed E-state index contributed by atoms with van der Waals surface area (Å²) in [4.78, 5) is 21.8. The summed E-state index contributed by atoms with van der Waals surface area (Å²) in [6, 6.07) is 9.79. The van der Waals surface area contributed by atoms with Crippen molar-refractivity contribution in [3.8, 4) is 10.6 Å². The highest BCUT2D eigenvalue weighted by molar-refractivity contribution is 7.16. The molecule has 6 nitrogen and oxygen atoms in total. The van der Waals surface area contributed by atoms with E-state index in [1.165, 1.54) is 11.3 Å². The van der Waals surface area contributed by atoms with Crippen LogP contribution in [0.25, 0.3) is 10.6 Å². The molecule has 0 saturated carbocycles. The Bertz CT molecular complexity index is 855. The highest BCUT2D eigenvalue weighted by Gasteiger charge is 2.29. The smallest absolute Gasteiger partial charge is 0.263 e. The molecule has 0 saturated heterocycles. The molecule has 0 bridgehead atoms. The average Bonchev–Trinajstić information content (AvgIpc) is 3.25. The summed E-state index contributed by atoms with van der Waals surface area (Å²) >= 11 is 1.36. The van der Waals surface area contributed by atoms with Crippen molar-refractivity contribution in [2.24, 2.45) is 0 Å². The van der Waals surface area contributed by atoms with E-state index >= 15 is 0 Å². The monoisotopic (exact) mass is 356 g/mol. The zero-order valence-electron chi connectivity index (χ0n) is 14.4. The quantitative estimate of drug-likeness (QED) is 0.726. The third-order valence-corrected chi connectivity index (χ3v) is 4.71. The maximum absolute atomic E-state index is 12.6. The van der Waals surface area contributed by atoms with Crippen molar-refractivity contribution in [2.75, 3.05) is 0 Å². The lowest BCUT2D eigenvalue weighted by Gasteiger charge is -2.21. The Morgan fingerprint density at radius 3 is 2.76 bits per heavy atom. The summed E-state index contributed by atoms with van der Waals surface area (Å²) in [5.74, 6) is 0.854. The van der Waals surface area contributed by atoms with E-state index in [9.17, 15) is 4.79 Å². The molecule has 0 spiro atoms. The molecule has 7 heteroatoms. The largest absolute Gasteiger partial charge is 0.339 e. The highest BCUT2D eigenvalue weighted by Crippen LogP contribution is 2.26. The molecule has 0 aliphatic rings. The molecule has 2 aromatic heterocycles. The molecule has 0 aliphatic heterocycles. The predicted molar refractivity (Wildman–Crippen MR) is 96.3 cm³/mol. The van der Waals surface area contributed by atoms with Gasteiger partial charge in [0.1, 0.15) is 9.88 Å². The molecule has 2 heterocycles. The lowest BCUT2D eigenvalue weighted by atomic mass is 10.0. The van der Waals surface area contributed by atoms with Crippen molar-refractivity contribution in [1.82, 2.24) is 20.4 Å². The van der Waals surface area contributed by atoms with Crippen molar-refractivity contribution in [1.29, 1.82) is 0 Å². The molecule has 0 unspecified atom stereocenters. The van der Waals surface area contributed by atoms with E-state index in [0.29, 0.717) is 16.6 Å². The van der Waals surface area contributed by atoms with Gasteiger partial charge in [-0.3, -0.25) is 4.79 Å². The van der Waals surface area contributed by atoms with E-state index in [2.05, 4.69) is 20.4 Å². The summed E-state index contributed by atoms with van der Waals surface area (Å²) in [5.41, 5.74) is 0.261. The van der Waals surface area contributed by atoms with Crippen LogP contribution >= 0.6 is 11.3 Å². The van der Waals surface area contributed by atoms with Crippen LogP contribution in [0.1, 0.15) is 48.6 Å². The maximum Gasteiger partial charge on any atom is 0.263 e. The van der Waals surface area contributed by atoms with Gasteiger partial charge in [-0.1, -0.05) is 42.4 Å². The van der Waals surface area contributed by atoms with E-state index < -0.39 is 5.54 Å². The first-order valence-electron chi connectivity index (χ1n) is 8.16. The van der Waals surface area contributed by atoms with E-state index in [4.69, 9.17) is 4.52 Å². The number of nitrogens with zero attached hydrogens (tertiary/aromatic N) is 3. The van der Waals surface area contributed by atoms with E-state index in [0.717, 1.165) is 23.4 Å². The summed E-state index contributed by atoms with van der Waals surface area (Å²) < 4.78 is 5.22. The Hall–Kier alpha value is -2.54. The SMILES string of the molecule is CCCc1nc(C(C)(C)NC(=O)c2cnc(-c3ccccc3)s2)no1. The molecular formula is C18H20N4O2S. The minimum absolute atomic E-state index is 0.202. The van der Waals surface area contributed by atoms with Crippen molar-refractivity contribution in [3.63, 3.8) is 0 Å². The number of benzene rings is 1. The molecule has 0 aliphatic carbocycles. The average molecular weight is 356 g/mol. The van der Waals surface area contributed by atoms with Crippen LogP contribution in [0, 0.1) is 0 Å². The second-order valence-electron chi connectivity index (χ2n) is 6.24. The summed E-state index contributed by atoms with van der Waals surface area (Å²) in [6.45, 7) is 5.75. The number of carbonyl (C=O) groups is 1. The van der Waals surface area contributed by atoms with Gasteiger partial charge in [-0.05, 0) is 20.3 Å². The topological polar surface area (TPSA) is 80.9 Å². The Morgan fingerprint density at radius 2 is 2.04 bits per heavy atom. The van der Waals surface area contributed by atoms with Gasteiger partial charge in [-0.2, -0.15) is 4.98 Å². The van der Waals surface area contributed by atoms with Gasteiger partial charge in [0, 0.05) is 12.0 Å². The molecule has 1 amide bonds. The van der Waals surface area contributed by atoms with Gasteiger partial charge >= 0.3 is 0 Å². The summed E-state index contributed by atoms with van der Waals surface area (Å²) in [6.07, 6.45) is 3.25. The zero-order valence-corrected chi connectivity index (χ0v) is 15.3. The van der Waals surface area contributed by atoms with Crippen LogP contribution in [0.2, 0.25) is 0 Å². The molecule has 1 aromatic carbocycles. The van der Waals surface area contributed by atoms with Gasteiger partial charge in [-0.25, -0.2) is 4.98 Å². The van der Waals surface area contributed by atoms with Crippen molar-refractivity contribution in [2.45, 2.75) is 39.2 Å². The first-order valence-corrected chi connectivity index (χ1v) is 8.98. The molecule has 0 fully saturated rings. The van der Waals surface area contributed by atoms with Crippen LogP contribution in [-0.4, -0.2) is 21.0 Å². The molecule has 0 atom stereocenters. The van der Waals surface area contributed by atoms with Crippen molar-refractivity contribution in [3.05, 3.63) is 53.1 Å². The van der Waals surface area contributed by atoms with Crippen LogP contribution in [0.3, 0.4) is 0 Å². The van der Waals surface area contributed by atoms with Gasteiger partial charge in [0.15, 0.2) is 5.82 Å². The fourth-order valence-electron chi connectivity index (χ4n) is 2.32. The molecular weight excluding hydrogens is 336 g/mol. The molecule has 1 N–H and O–H groups in total. The standard InChI is InChI=1S/C18H20N4O2S/c1-4-8-14-20-17(22-24-14)18(2,3)21-15(23)13-11-19-16(25-13)12-9-6-5-7-10-12/h5-7,9-11H,4,8H2,1-3H3,(H,21,23). The molecule has 3 rings (SSSR count). The van der Waals surface area contributed by atoms with Crippen LogP contribution in [0.5, 0.6) is 0 Å². The van der Waals surface area contributed by atoms with Crippen LogP contribution in [0.15, 0.2) is 41.1 Å². The fraction of sp³-hybridized carbons (Fsp3) is 0.333. The lowest BCUT2D eigenvalue weighted by Crippen LogP contribution is -2.41. The Morgan fingerprint density at radius 1 is 1.28 bits per heavy atom. The molecule has 130 valence electrons. The zero-order chi connectivity index (χ0) is 17.9. The van der Waals surface area contributed by atoms with Crippen LogP contribution in [0.4, 0.5) is 0 Å². The number of aryl methyl sites for hydroxylation is 1. The van der Waals surface area contributed by atoms with Crippen molar-refractivity contribution < 1.29 is 9.32 Å². The number of rotatable bonds is 6. The van der Waals surface area contributed by atoms with Gasteiger partial charge in [0.2, 0.25) is 5.89 Å². The highest BCUT2D eigenvalue weighted by atomic mass is 32.1. The fourth-order valence-corrected chi connectivity index (χ4v) is 3.14. The Labute approximate surface area is 150 Å². The number of hydrogen-bond acceptors (Lipinski definition) is 6. The molecule has 3 aromatic rings. The normalized spacial score (nSPS) is 11.5. The third kappa shape index (κ3) is 3.93. The van der Waals surface area contributed by atoms with E-state index in [1.54, 1.807) is 6.20 Å². The Kier molecular flexibility index (Phi) is 4.94. The van der Waals surface area contributed by atoms with Crippen molar-refractivity contribution >= 4 is 17.2 Å². The van der Waals surface area contributed by atoms with Crippen LogP contribution in [-0.2, 0) is 12.0 Å². The minimum Gasteiger partial charge on any atom is -0.339 e. The second kappa shape index (κ2) is 7.14. The molecule has 25 heavy (non-hydrogen) atoms. The number of aromatic nitrogens is 3. The summed E-state index contributed by atoms with van der Waals surface area (Å²) in [5, 5.41) is 7.76. The van der Waals surface area contributed by atoms with E-state index in [-0.39, 0.29) is 5.91 Å². The Balaban J connectivity index is 1.73. The number of thiazole rings is 1. The van der Waals surface area contributed by atoms with E-state index in [1.807, 2.05) is 51.1 Å². The first kappa shape index (κ1) is 17.3. The lowest BCUT2D eigenvalue weighted by molar-refractivity contribution is 0.0911. The first-order chi connectivity index (χ1) is 12.0. The predicted octanol–water partition coefficient (Wildman–Crippen LogP) is 3.81. The minimum atomic E-state index is -0.733. The van der Waals surface area contributed by atoms with Crippen LogP contribution < -0.4 is 5.32 Å². The summed E-state index contributed by atoms with van der Waals surface area (Å²) in [7, 11) is 0. The maximum atomic E-state index is 12.6. The number of hydrogen-bond donors (Lipinski definition) is 1. The van der Waals surface area contributed by atoms with Gasteiger partial charge < -0.3 is 9.84 Å². The molecule has 0 radical (unpaired) electrons. The van der Waals surface area contributed by atoms with Gasteiger partial charge in [-0.15, -0.1) is 11.3 Å². The number of nitrogens with one attached hydrogen (secondary N) is 1. The number of amides is 1. The third-order valence-electron chi connectivity index (χ3n) is 3.67. The second-order valence-corrected chi connectivity index (χ2v) is 7.27. The number of carbonyl (C=O) groups excluding carboxylic acids is 1. The van der Waals surface area contributed by atoms with Gasteiger partial charge in [0.25, 0.3) is 5.91 Å². The van der Waals surface area contributed by atoms with Gasteiger partial charge in [0.05, 0.1) is 11.7 Å².